The Morgan fingerprint density at radius 3 is 2.34 bits per heavy atom. The number of nitrogens with one attached hydrogen (secondary N) is 3. The van der Waals surface area contributed by atoms with Gasteiger partial charge in [-0.05, 0) is 37.6 Å². The third kappa shape index (κ3) is 8.84. The first-order valence-corrected chi connectivity index (χ1v) is 11.9. The maximum absolute atomic E-state index is 12.3. The van der Waals surface area contributed by atoms with Crippen LogP contribution >= 0.6 is 0 Å². The lowest BCUT2D eigenvalue weighted by atomic mass is 10.1. The molecule has 1 unspecified atom stereocenters. The first kappa shape index (κ1) is 29.7. The topological polar surface area (TPSA) is 291 Å². The van der Waals surface area contributed by atoms with Crippen molar-refractivity contribution in [3.63, 3.8) is 0 Å². The monoisotopic (exact) mass is 565 g/mol. The highest BCUT2D eigenvalue weighted by Gasteiger charge is 2.21. The van der Waals surface area contributed by atoms with Gasteiger partial charge in [0.2, 0.25) is 11.9 Å². The molecule has 3 aromatic heterocycles. The van der Waals surface area contributed by atoms with E-state index in [2.05, 4.69) is 40.5 Å². The number of hydrogen-bond donors (Lipinski definition) is 8. The molecule has 1 atom stereocenters. The molecule has 0 saturated heterocycles. The first-order valence-electron chi connectivity index (χ1n) is 11.9. The molecule has 4 aromatic rings. The van der Waals surface area contributed by atoms with Crippen LogP contribution in [-0.2, 0) is 16.1 Å². The third-order valence-corrected chi connectivity index (χ3v) is 5.25. The van der Waals surface area contributed by atoms with E-state index in [1.165, 1.54) is 18.3 Å². The molecular formula is C24H27N11O6. The highest BCUT2D eigenvalue weighted by molar-refractivity contribution is 5.97. The van der Waals surface area contributed by atoms with Gasteiger partial charge in [-0.1, -0.05) is 0 Å². The van der Waals surface area contributed by atoms with Gasteiger partial charge in [-0.2, -0.15) is 9.97 Å². The predicted octanol–water partition coefficient (Wildman–Crippen LogP) is -0.0954. The lowest BCUT2D eigenvalue weighted by Gasteiger charge is -2.14. The SMILES string of the molecule is Cc1cc(N)nc(N)n1.Nc1nc2ncc(CNc3ccc(C(=O)NC(CCC(=O)O)C(=O)O)cc3)nc2c(=O)[nH]1. The smallest absolute Gasteiger partial charge is 0.326 e. The Morgan fingerprint density at radius 2 is 1.73 bits per heavy atom. The lowest BCUT2D eigenvalue weighted by molar-refractivity contribution is -0.140. The van der Waals surface area contributed by atoms with Crippen LogP contribution in [0.25, 0.3) is 11.2 Å². The van der Waals surface area contributed by atoms with Crippen molar-refractivity contribution in [2.24, 2.45) is 0 Å². The number of amides is 1. The number of aromatic amines is 1. The van der Waals surface area contributed by atoms with Gasteiger partial charge in [0.25, 0.3) is 11.5 Å². The van der Waals surface area contributed by atoms with Crippen LogP contribution in [-0.4, -0.2) is 64.0 Å². The zero-order valence-electron chi connectivity index (χ0n) is 21.7. The Labute approximate surface area is 231 Å². The minimum Gasteiger partial charge on any atom is -0.481 e. The van der Waals surface area contributed by atoms with E-state index in [-0.39, 0.29) is 48.0 Å². The number of aliphatic carboxylic acids is 2. The standard InChI is InChI=1S/C19H19N7O6.C5H8N4/c20-19-25-15-14(17(30)26-19)23-11(8-22-15)7-21-10-3-1-9(2-4-10)16(29)24-12(18(31)32)5-6-13(27)28;1-3-2-4(6)9-5(7)8-3/h1-4,8,12,21H,5-7H2,(H,24,29)(H,27,28)(H,31,32)(H3,20,22,25,26,30);2H,1H3,(H4,6,7,8,9). The molecule has 0 saturated carbocycles. The number of carboxylic acids is 2. The van der Waals surface area contributed by atoms with Crippen LogP contribution in [0.4, 0.5) is 23.4 Å². The molecule has 0 radical (unpaired) electrons. The number of nitrogens with two attached hydrogens (primary N) is 3. The van der Waals surface area contributed by atoms with Crippen LogP contribution < -0.4 is 33.4 Å². The van der Waals surface area contributed by atoms with Gasteiger partial charge in [-0.3, -0.25) is 19.4 Å². The van der Waals surface area contributed by atoms with Crippen LogP contribution in [0.3, 0.4) is 0 Å². The van der Waals surface area contributed by atoms with E-state index in [4.69, 9.17) is 27.4 Å². The van der Waals surface area contributed by atoms with Crippen LogP contribution in [0.1, 0.15) is 34.6 Å². The number of rotatable bonds is 9. The molecular weight excluding hydrogens is 538 g/mol. The number of carbonyl (C=O) groups excluding carboxylic acids is 1. The number of hydrogen-bond acceptors (Lipinski definition) is 13. The molecule has 0 aliphatic rings. The fraction of sp³-hybridized carbons (Fsp3) is 0.208. The van der Waals surface area contributed by atoms with E-state index in [0.29, 0.717) is 17.2 Å². The van der Waals surface area contributed by atoms with Gasteiger partial charge in [-0.25, -0.2) is 19.7 Å². The molecule has 1 aromatic carbocycles. The zero-order valence-corrected chi connectivity index (χ0v) is 21.7. The van der Waals surface area contributed by atoms with Crippen molar-refractivity contribution in [2.75, 3.05) is 22.5 Å². The highest BCUT2D eigenvalue weighted by atomic mass is 16.4. The summed E-state index contributed by atoms with van der Waals surface area (Å²) in [5, 5.41) is 23.2. The van der Waals surface area contributed by atoms with E-state index >= 15 is 0 Å². The average Bonchev–Trinajstić information content (AvgIpc) is 2.89. The van der Waals surface area contributed by atoms with Gasteiger partial charge in [-0.15, -0.1) is 0 Å². The van der Waals surface area contributed by atoms with Crippen molar-refractivity contribution in [1.29, 1.82) is 0 Å². The number of carbonyl (C=O) groups is 3. The van der Waals surface area contributed by atoms with Crippen molar-refractivity contribution < 1.29 is 24.6 Å². The zero-order chi connectivity index (χ0) is 30.1. The Hall–Kier alpha value is -5.87. The fourth-order valence-corrected chi connectivity index (χ4v) is 3.37. The average molecular weight is 566 g/mol. The van der Waals surface area contributed by atoms with Gasteiger partial charge < -0.3 is 38.0 Å². The number of benzene rings is 1. The maximum Gasteiger partial charge on any atom is 0.326 e. The number of nitrogens with zero attached hydrogens (tertiary/aromatic N) is 5. The summed E-state index contributed by atoms with van der Waals surface area (Å²) in [7, 11) is 0. The number of carboxylic acid groups (broad SMARTS) is 2. The van der Waals surface area contributed by atoms with E-state index in [9.17, 15) is 19.2 Å². The molecule has 17 nitrogen and oxygen atoms in total. The summed E-state index contributed by atoms with van der Waals surface area (Å²) in [6.07, 6.45) is 0.840. The summed E-state index contributed by atoms with van der Waals surface area (Å²) in [4.78, 5) is 68.1. The minimum atomic E-state index is -1.31. The summed E-state index contributed by atoms with van der Waals surface area (Å²) >= 11 is 0. The molecule has 41 heavy (non-hydrogen) atoms. The van der Waals surface area contributed by atoms with Gasteiger partial charge in [0.15, 0.2) is 11.2 Å². The Balaban J connectivity index is 0.000000436. The second kappa shape index (κ2) is 13.3. The summed E-state index contributed by atoms with van der Waals surface area (Å²) in [6.45, 7) is 2.04. The normalized spacial score (nSPS) is 11.1. The molecule has 0 spiro atoms. The summed E-state index contributed by atoms with van der Waals surface area (Å²) in [5.41, 5.74) is 17.8. The fourth-order valence-electron chi connectivity index (χ4n) is 3.37. The van der Waals surface area contributed by atoms with Gasteiger partial charge in [0, 0.05) is 29.4 Å². The molecule has 0 aliphatic carbocycles. The van der Waals surface area contributed by atoms with Gasteiger partial charge in [0.1, 0.15) is 11.9 Å². The lowest BCUT2D eigenvalue weighted by Crippen LogP contribution is -2.41. The number of H-pyrrole nitrogens is 1. The molecule has 17 heteroatoms. The second-order valence-electron chi connectivity index (χ2n) is 8.50. The molecule has 3 heterocycles. The molecule has 4 rings (SSSR count). The predicted molar refractivity (Wildman–Crippen MR) is 147 cm³/mol. The van der Waals surface area contributed by atoms with Gasteiger partial charge in [0.05, 0.1) is 18.4 Å². The summed E-state index contributed by atoms with van der Waals surface area (Å²) in [6, 6.07) is 6.53. The van der Waals surface area contributed by atoms with Crippen molar-refractivity contribution in [1.82, 2.24) is 35.2 Å². The number of aryl methyl sites for hydroxylation is 1. The number of nitrogen functional groups attached to an aromatic ring is 3. The molecule has 214 valence electrons. The Bertz CT molecular complexity index is 1570. The number of fused-ring (bicyclic) bond motifs is 1. The first-order chi connectivity index (χ1) is 19.4. The summed E-state index contributed by atoms with van der Waals surface area (Å²) < 4.78 is 0. The highest BCUT2D eigenvalue weighted by Crippen LogP contribution is 2.12. The molecule has 1 amide bonds. The molecule has 0 bridgehead atoms. The van der Waals surface area contributed by atoms with E-state index in [1.54, 1.807) is 18.2 Å². The van der Waals surface area contributed by atoms with Crippen LogP contribution in [0.5, 0.6) is 0 Å². The Morgan fingerprint density at radius 1 is 1.02 bits per heavy atom. The van der Waals surface area contributed by atoms with Crippen molar-refractivity contribution >= 4 is 52.4 Å². The van der Waals surface area contributed by atoms with Crippen molar-refractivity contribution in [3.8, 4) is 0 Å². The van der Waals surface area contributed by atoms with Crippen molar-refractivity contribution in [3.05, 3.63) is 63.8 Å². The van der Waals surface area contributed by atoms with E-state index in [0.717, 1.165) is 5.69 Å². The van der Waals surface area contributed by atoms with Crippen molar-refractivity contribution in [2.45, 2.75) is 32.4 Å². The molecule has 0 aliphatic heterocycles. The van der Waals surface area contributed by atoms with Crippen LogP contribution in [0.15, 0.2) is 41.3 Å². The van der Waals surface area contributed by atoms with Gasteiger partial charge >= 0.3 is 11.9 Å². The van der Waals surface area contributed by atoms with E-state index < -0.39 is 29.4 Å². The maximum atomic E-state index is 12.3. The number of anilines is 4. The van der Waals surface area contributed by atoms with Crippen LogP contribution in [0, 0.1) is 6.92 Å². The van der Waals surface area contributed by atoms with E-state index in [1.807, 2.05) is 6.92 Å². The largest absolute Gasteiger partial charge is 0.481 e. The molecule has 0 fully saturated rings. The van der Waals surface area contributed by atoms with Crippen LogP contribution in [0.2, 0.25) is 0 Å². The second-order valence-corrected chi connectivity index (χ2v) is 8.50. The minimum absolute atomic E-state index is 0.0524. The molecule has 11 N–H and O–H groups in total. The number of aromatic nitrogens is 6. The third-order valence-electron chi connectivity index (χ3n) is 5.25. The summed E-state index contributed by atoms with van der Waals surface area (Å²) in [5.74, 6) is -2.51. The Kier molecular flexibility index (Phi) is 9.61. The quantitative estimate of drug-likeness (QED) is 0.131.